The number of carbonyl (C=O) groups is 1. The fourth-order valence-corrected chi connectivity index (χ4v) is 5.60. The first-order chi connectivity index (χ1) is 20.6. The van der Waals surface area contributed by atoms with Gasteiger partial charge in [0.15, 0.2) is 0 Å². The summed E-state index contributed by atoms with van der Waals surface area (Å²) in [5.74, 6) is -0.291. The number of nitriles is 1. The molecule has 0 aliphatic heterocycles. The Bertz CT molecular complexity index is 1240. The quantitative estimate of drug-likeness (QED) is 0.234. The van der Waals surface area contributed by atoms with Gasteiger partial charge in [-0.15, -0.1) is 0 Å². The Morgan fingerprint density at radius 3 is 2.47 bits per heavy atom. The first-order valence-corrected chi connectivity index (χ1v) is 15.7. The summed E-state index contributed by atoms with van der Waals surface area (Å²) in [6.45, 7) is 12.3. The highest BCUT2D eigenvalue weighted by atomic mass is 19.4. The van der Waals surface area contributed by atoms with Crippen molar-refractivity contribution in [3.63, 3.8) is 0 Å². The highest BCUT2D eigenvalue weighted by Crippen LogP contribution is 2.40. The molecule has 1 N–H and O–H groups in total. The van der Waals surface area contributed by atoms with E-state index in [1.54, 1.807) is 12.3 Å². The van der Waals surface area contributed by atoms with Crippen LogP contribution in [0.25, 0.3) is 0 Å². The summed E-state index contributed by atoms with van der Waals surface area (Å²) in [5.41, 5.74) is -0.608. The highest BCUT2D eigenvalue weighted by molar-refractivity contribution is 5.78. The molecule has 3 rings (SSSR count). The van der Waals surface area contributed by atoms with E-state index in [-0.39, 0.29) is 35.5 Å². The smallest absolute Gasteiger partial charge is 0.342 e. The van der Waals surface area contributed by atoms with Crippen LogP contribution >= 0.6 is 0 Å². The lowest BCUT2D eigenvalue weighted by Gasteiger charge is -2.33. The molecule has 1 aliphatic carbocycles. The SMILES string of the molecule is CC.CCCCN(CC(C)C(=O)N(CCC)CCCCCc1ccc(C#N)cn1)C1CCc2c1n[nH]c(=O)c2C(F)(F)F. The van der Waals surface area contributed by atoms with Crippen LogP contribution in [0.15, 0.2) is 23.1 Å². The summed E-state index contributed by atoms with van der Waals surface area (Å²) in [6, 6.07) is 5.33. The zero-order valence-electron chi connectivity index (χ0n) is 26.3. The highest BCUT2D eigenvalue weighted by Gasteiger charge is 2.42. The van der Waals surface area contributed by atoms with E-state index in [0.717, 1.165) is 50.6 Å². The Hall–Kier alpha value is -3.26. The molecule has 43 heavy (non-hydrogen) atoms. The molecule has 0 spiro atoms. The number of unbranched alkanes of at least 4 members (excludes halogenated alkanes) is 3. The van der Waals surface area contributed by atoms with Gasteiger partial charge >= 0.3 is 6.18 Å². The van der Waals surface area contributed by atoms with Crippen molar-refractivity contribution in [2.75, 3.05) is 26.2 Å². The average Bonchev–Trinajstić information content (AvgIpc) is 3.42. The van der Waals surface area contributed by atoms with Gasteiger partial charge in [-0.2, -0.15) is 23.5 Å². The van der Waals surface area contributed by atoms with Gasteiger partial charge in [0.25, 0.3) is 5.56 Å². The molecule has 0 radical (unpaired) electrons. The second-order valence-electron chi connectivity index (χ2n) is 10.9. The number of H-pyrrole nitrogens is 1. The van der Waals surface area contributed by atoms with E-state index in [0.29, 0.717) is 38.2 Å². The van der Waals surface area contributed by atoms with E-state index in [1.165, 1.54) is 0 Å². The van der Waals surface area contributed by atoms with Crippen LogP contribution in [0, 0.1) is 17.2 Å². The number of fused-ring (bicyclic) bond motifs is 1. The summed E-state index contributed by atoms with van der Waals surface area (Å²) < 4.78 is 41.0. The van der Waals surface area contributed by atoms with E-state index in [2.05, 4.69) is 26.2 Å². The van der Waals surface area contributed by atoms with Gasteiger partial charge in [-0.1, -0.05) is 47.5 Å². The van der Waals surface area contributed by atoms with Gasteiger partial charge < -0.3 is 4.90 Å². The van der Waals surface area contributed by atoms with Crippen LogP contribution in [0.3, 0.4) is 0 Å². The standard InChI is InChI=1S/C30H41F3N6O2.C2H6/c1-4-6-16-39(25-14-13-24-26(30(31,32)33)28(40)37-36-27(24)25)20-21(3)29(41)38(15-5-2)17-9-7-8-10-23-12-11-22(18-34)19-35-23;1-2/h11-12,19,21,25H,4-10,13-17,20H2,1-3H3,(H,37,40);1-2H3. The second kappa shape index (κ2) is 17.8. The van der Waals surface area contributed by atoms with Crippen molar-refractivity contribution in [3.05, 3.63) is 56.8 Å². The van der Waals surface area contributed by atoms with E-state index in [1.807, 2.05) is 45.6 Å². The van der Waals surface area contributed by atoms with Crippen molar-refractivity contribution >= 4 is 5.91 Å². The minimum Gasteiger partial charge on any atom is -0.342 e. The van der Waals surface area contributed by atoms with E-state index in [4.69, 9.17) is 5.26 Å². The van der Waals surface area contributed by atoms with E-state index < -0.39 is 17.3 Å². The van der Waals surface area contributed by atoms with Crippen LogP contribution in [0.5, 0.6) is 0 Å². The van der Waals surface area contributed by atoms with Gasteiger partial charge in [0.2, 0.25) is 5.91 Å². The molecule has 2 aromatic heterocycles. The number of halogens is 3. The summed E-state index contributed by atoms with van der Waals surface area (Å²) in [4.78, 5) is 33.8. The molecule has 2 unspecified atom stereocenters. The topological polar surface area (TPSA) is 106 Å². The maximum atomic E-state index is 13.7. The van der Waals surface area contributed by atoms with Gasteiger partial charge in [0, 0.05) is 37.4 Å². The minimum atomic E-state index is -4.74. The minimum absolute atomic E-state index is 0.0180. The second-order valence-corrected chi connectivity index (χ2v) is 10.9. The molecule has 0 saturated heterocycles. The van der Waals surface area contributed by atoms with E-state index in [9.17, 15) is 22.8 Å². The van der Waals surface area contributed by atoms with Crippen molar-refractivity contribution in [3.8, 4) is 6.07 Å². The zero-order chi connectivity index (χ0) is 32.0. The number of pyridine rings is 1. The Balaban J connectivity index is 0.00000316. The number of aryl methyl sites for hydroxylation is 1. The molecule has 2 heterocycles. The predicted octanol–water partition coefficient (Wildman–Crippen LogP) is 6.46. The summed E-state index contributed by atoms with van der Waals surface area (Å²) in [7, 11) is 0. The number of aromatic nitrogens is 3. The number of carbonyl (C=O) groups excluding carboxylic acids is 1. The lowest BCUT2D eigenvalue weighted by molar-refractivity contribution is -0.139. The third-order valence-electron chi connectivity index (χ3n) is 7.67. The van der Waals surface area contributed by atoms with Gasteiger partial charge in [-0.3, -0.25) is 19.5 Å². The molecule has 2 atom stereocenters. The van der Waals surface area contributed by atoms with Gasteiger partial charge in [0.1, 0.15) is 11.6 Å². The number of hydrogen-bond donors (Lipinski definition) is 1. The molecule has 1 aliphatic rings. The molecule has 238 valence electrons. The Labute approximate surface area is 253 Å². The molecule has 0 bridgehead atoms. The molecular formula is C32H47F3N6O2. The fourth-order valence-electron chi connectivity index (χ4n) is 5.60. The zero-order valence-corrected chi connectivity index (χ0v) is 26.3. The van der Waals surface area contributed by atoms with Gasteiger partial charge in [-0.25, -0.2) is 5.10 Å². The van der Waals surface area contributed by atoms with Crippen molar-refractivity contribution in [2.45, 2.75) is 105 Å². The monoisotopic (exact) mass is 604 g/mol. The molecule has 0 saturated carbocycles. The maximum Gasteiger partial charge on any atom is 0.422 e. The Morgan fingerprint density at radius 1 is 1.12 bits per heavy atom. The Kier molecular flexibility index (Phi) is 14.8. The van der Waals surface area contributed by atoms with Gasteiger partial charge in [0.05, 0.1) is 17.3 Å². The predicted molar refractivity (Wildman–Crippen MR) is 161 cm³/mol. The van der Waals surface area contributed by atoms with Crippen LogP contribution in [0.1, 0.15) is 114 Å². The van der Waals surface area contributed by atoms with E-state index >= 15 is 0 Å². The summed E-state index contributed by atoms with van der Waals surface area (Å²) >= 11 is 0. The number of amides is 1. The van der Waals surface area contributed by atoms with Gasteiger partial charge in [-0.05, 0) is 69.2 Å². The Morgan fingerprint density at radius 2 is 1.86 bits per heavy atom. The van der Waals surface area contributed by atoms with Crippen LogP contribution in [-0.2, 0) is 23.8 Å². The maximum absolute atomic E-state index is 13.7. The molecule has 0 aromatic carbocycles. The molecule has 11 heteroatoms. The normalized spacial score (nSPS) is 14.9. The van der Waals surface area contributed by atoms with Crippen molar-refractivity contribution in [1.82, 2.24) is 25.0 Å². The van der Waals surface area contributed by atoms with Crippen LogP contribution in [0.2, 0.25) is 0 Å². The number of alkyl halides is 3. The number of nitrogens with one attached hydrogen (secondary N) is 1. The first-order valence-electron chi connectivity index (χ1n) is 15.7. The molecular weight excluding hydrogens is 557 g/mol. The first kappa shape index (κ1) is 35.9. The number of aromatic amines is 1. The summed E-state index contributed by atoms with van der Waals surface area (Å²) in [6.07, 6.45) is 3.54. The largest absolute Gasteiger partial charge is 0.422 e. The molecule has 0 fully saturated rings. The fraction of sp³-hybridized carbons (Fsp3) is 0.656. The van der Waals surface area contributed by atoms with Crippen molar-refractivity contribution < 1.29 is 18.0 Å². The molecule has 8 nitrogen and oxygen atoms in total. The number of nitrogens with zero attached hydrogens (tertiary/aromatic N) is 5. The van der Waals surface area contributed by atoms with Crippen molar-refractivity contribution in [1.29, 1.82) is 5.26 Å². The third-order valence-corrected chi connectivity index (χ3v) is 7.67. The number of rotatable bonds is 15. The van der Waals surface area contributed by atoms with Crippen molar-refractivity contribution in [2.24, 2.45) is 5.92 Å². The number of hydrogen-bond acceptors (Lipinski definition) is 6. The third kappa shape index (κ3) is 10.2. The average molecular weight is 605 g/mol. The molecule has 2 aromatic rings. The molecule has 1 amide bonds. The van der Waals surface area contributed by atoms with Crippen LogP contribution < -0.4 is 5.56 Å². The summed E-state index contributed by atoms with van der Waals surface area (Å²) in [5, 5.41) is 15.0. The van der Waals surface area contributed by atoms with Crippen LogP contribution in [-0.4, -0.2) is 57.1 Å². The lowest BCUT2D eigenvalue weighted by Crippen LogP contribution is -2.42. The lowest BCUT2D eigenvalue weighted by atomic mass is 10.0. The van der Waals surface area contributed by atoms with Crippen LogP contribution in [0.4, 0.5) is 13.2 Å².